The van der Waals surface area contributed by atoms with Gasteiger partial charge in [-0.25, -0.2) is 0 Å². The smallest absolute Gasteiger partial charge is 0.220 e. The Labute approximate surface area is 140 Å². The van der Waals surface area contributed by atoms with Gasteiger partial charge in [0.15, 0.2) is 0 Å². The second kappa shape index (κ2) is 11.7. The maximum atomic E-state index is 11.6. The van der Waals surface area contributed by atoms with Crippen molar-refractivity contribution < 1.29 is 4.79 Å². The molecule has 2 unspecified atom stereocenters. The van der Waals surface area contributed by atoms with Crippen LogP contribution in [0.2, 0.25) is 0 Å². The van der Waals surface area contributed by atoms with E-state index in [9.17, 15) is 4.79 Å². The van der Waals surface area contributed by atoms with Crippen molar-refractivity contribution in [2.45, 2.75) is 38.8 Å². The van der Waals surface area contributed by atoms with Gasteiger partial charge in [-0.3, -0.25) is 4.79 Å². The van der Waals surface area contributed by atoms with Crippen molar-refractivity contribution in [1.29, 1.82) is 0 Å². The Morgan fingerprint density at radius 2 is 1.81 bits per heavy atom. The van der Waals surface area contributed by atoms with Crippen molar-refractivity contribution >= 4 is 36.4 Å². The van der Waals surface area contributed by atoms with Gasteiger partial charge in [0.2, 0.25) is 5.91 Å². The molecule has 2 atom stereocenters. The van der Waals surface area contributed by atoms with Gasteiger partial charge in [-0.1, -0.05) is 18.2 Å². The molecular formula is C15H27Cl2N3O. The molecule has 1 rings (SSSR count). The van der Waals surface area contributed by atoms with Crippen LogP contribution in [0.3, 0.4) is 0 Å². The summed E-state index contributed by atoms with van der Waals surface area (Å²) >= 11 is 0. The minimum atomic E-state index is 0. The highest BCUT2D eigenvalue weighted by atomic mass is 35.5. The van der Waals surface area contributed by atoms with E-state index in [1.54, 1.807) is 0 Å². The minimum absolute atomic E-state index is 0. The van der Waals surface area contributed by atoms with E-state index < -0.39 is 0 Å². The van der Waals surface area contributed by atoms with Gasteiger partial charge in [-0.05, 0) is 32.4 Å². The highest BCUT2D eigenvalue weighted by molar-refractivity contribution is 5.85. The third kappa shape index (κ3) is 8.81. The van der Waals surface area contributed by atoms with Crippen LogP contribution in [0, 0.1) is 0 Å². The van der Waals surface area contributed by atoms with E-state index in [1.807, 2.05) is 32.2 Å². The zero-order valence-corrected chi connectivity index (χ0v) is 14.5. The molecule has 0 heterocycles. The number of nitrogens with one attached hydrogen (secondary N) is 1. The molecule has 0 aliphatic rings. The zero-order valence-electron chi connectivity index (χ0n) is 12.9. The van der Waals surface area contributed by atoms with Gasteiger partial charge < -0.3 is 16.0 Å². The number of hydrogen-bond donors (Lipinski definition) is 2. The lowest BCUT2D eigenvalue weighted by Crippen LogP contribution is -2.40. The number of halogens is 2. The second-order valence-electron chi connectivity index (χ2n) is 5.12. The number of anilines is 1. The van der Waals surface area contributed by atoms with Crippen LogP contribution in [0.4, 0.5) is 5.69 Å². The van der Waals surface area contributed by atoms with Crippen LogP contribution >= 0.6 is 24.8 Å². The fraction of sp³-hybridized carbons (Fsp3) is 0.533. The lowest BCUT2D eigenvalue weighted by Gasteiger charge is -2.27. The van der Waals surface area contributed by atoms with E-state index in [0.717, 1.165) is 12.1 Å². The number of carbonyl (C=O) groups is 1. The molecule has 6 heteroatoms. The van der Waals surface area contributed by atoms with E-state index in [1.165, 1.54) is 0 Å². The summed E-state index contributed by atoms with van der Waals surface area (Å²) in [6.07, 6.45) is 1.23. The predicted octanol–water partition coefficient (Wildman–Crippen LogP) is 2.60. The maximum absolute atomic E-state index is 11.6. The number of rotatable bonds is 7. The summed E-state index contributed by atoms with van der Waals surface area (Å²) in [5.74, 6) is 0.0746. The Kier molecular flexibility index (Phi) is 12.4. The first-order chi connectivity index (χ1) is 9.00. The molecule has 0 aromatic heterocycles. The first kappa shape index (κ1) is 22.3. The molecule has 0 bridgehead atoms. The fourth-order valence-corrected chi connectivity index (χ4v) is 1.76. The van der Waals surface area contributed by atoms with Crippen LogP contribution in [0.1, 0.15) is 26.7 Å². The standard InChI is InChI=1S/C15H25N3O.2ClH/c1-12(16)9-10-15(19)17-11-13(2)18(3)14-7-5-4-6-8-14;;/h4-8,12-13H,9-11,16H2,1-3H3,(H,17,19);2*1H. The molecule has 0 saturated carbocycles. The van der Waals surface area contributed by atoms with Gasteiger partial charge in [-0.15, -0.1) is 24.8 Å². The monoisotopic (exact) mass is 335 g/mol. The average Bonchev–Trinajstić information content (AvgIpc) is 2.42. The molecule has 0 fully saturated rings. The number of nitrogens with zero attached hydrogens (tertiary/aromatic N) is 1. The van der Waals surface area contributed by atoms with Crippen LogP contribution in [0.5, 0.6) is 0 Å². The molecule has 0 radical (unpaired) electrons. The molecule has 0 spiro atoms. The minimum Gasteiger partial charge on any atom is -0.370 e. The van der Waals surface area contributed by atoms with E-state index in [4.69, 9.17) is 5.73 Å². The van der Waals surface area contributed by atoms with E-state index in [-0.39, 0.29) is 42.8 Å². The predicted molar refractivity (Wildman–Crippen MR) is 94.7 cm³/mol. The lowest BCUT2D eigenvalue weighted by molar-refractivity contribution is -0.121. The normalized spacial score (nSPS) is 12.4. The maximum Gasteiger partial charge on any atom is 0.220 e. The van der Waals surface area contributed by atoms with Crippen LogP contribution < -0.4 is 16.0 Å². The molecular weight excluding hydrogens is 309 g/mol. The summed E-state index contributed by atoms with van der Waals surface area (Å²) in [6, 6.07) is 10.5. The number of amides is 1. The number of hydrogen-bond acceptors (Lipinski definition) is 3. The van der Waals surface area contributed by atoms with E-state index in [0.29, 0.717) is 13.0 Å². The molecule has 122 valence electrons. The zero-order chi connectivity index (χ0) is 14.3. The Balaban J connectivity index is 0. The molecule has 1 aromatic carbocycles. The number of nitrogens with two attached hydrogens (primary N) is 1. The average molecular weight is 336 g/mol. The quantitative estimate of drug-likeness (QED) is 0.805. The van der Waals surface area contributed by atoms with Gasteiger partial charge in [0.05, 0.1) is 0 Å². The number of likely N-dealkylation sites (N-methyl/N-ethyl adjacent to an activating group) is 1. The molecule has 3 N–H and O–H groups in total. The van der Waals surface area contributed by atoms with Crippen LogP contribution in [0.25, 0.3) is 0 Å². The van der Waals surface area contributed by atoms with Gasteiger partial charge >= 0.3 is 0 Å². The van der Waals surface area contributed by atoms with Gasteiger partial charge in [0.1, 0.15) is 0 Å². The van der Waals surface area contributed by atoms with Crippen molar-refractivity contribution in [3.63, 3.8) is 0 Å². The van der Waals surface area contributed by atoms with Crippen LogP contribution in [-0.4, -0.2) is 31.6 Å². The number of para-hydroxylation sites is 1. The molecule has 1 amide bonds. The first-order valence-corrected chi connectivity index (χ1v) is 6.81. The molecule has 21 heavy (non-hydrogen) atoms. The highest BCUT2D eigenvalue weighted by Crippen LogP contribution is 2.13. The third-order valence-corrected chi connectivity index (χ3v) is 3.25. The van der Waals surface area contributed by atoms with Crippen molar-refractivity contribution in [3.8, 4) is 0 Å². The van der Waals surface area contributed by atoms with E-state index in [2.05, 4.69) is 29.3 Å². The summed E-state index contributed by atoms with van der Waals surface area (Å²) in [5.41, 5.74) is 6.79. The molecule has 0 saturated heterocycles. The second-order valence-corrected chi connectivity index (χ2v) is 5.12. The summed E-state index contributed by atoms with van der Waals surface area (Å²) in [6.45, 7) is 4.65. The summed E-state index contributed by atoms with van der Waals surface area (Å²) < 4.78 is 0. The van der Waals surface area contributed by atoms with Crippen LogP contribution in [-0.2, 0) is 4.79 Å². The van der Waals surface area contributed by atoms with E-state index >= 15 is 0 Å². The summed E-state index contributed by atoms with van der Waals surface area (Å²) in [7, 11) is 2.04. The Morgan fingerprint density at radius 3 is 2.33 bits per heavy atom. The molecule has 0 aliphatic carbocycles. The largest absolute Gasteiger partial charge is 0.370 e. The summed E-state index contributed by atoms with van der Waals surface area (Å²) in [4.78, 5) is 13.8. The molecule has 1 aromatic rings. The van der Waals surface area contributed by atoms with Gasteiger partial charge in [0, 0.05) is 37.8 Å². The number of carbonyl (C=O) groups excluding carboxylic acids is 1. The topological polar surface area (TPSA) is 58.4 Å². The summed E-state index contributed by atoms with van der Waals surface area (Å²) in [5, 5.41) is 2.95. The Hall–Kier alpha value is -0.970. The SMILES string of the molecule is CC(N)CCC(=O)NCC(C)N(C)c1ccccc1.Cl.Cl. The first-order valence-electron chi connectivity index (χ1n) is 6.81. The highest BCUT2D eigenvalue weighted by Gasteiger charge is 2.11. The molecule has 4 nitrogen and oxygen atoms in total. The van der Waals surface area contributed by atoms with Crippen LogP contribution in [0.15, 0.2) is 30.3 Å². The Bertz CT molecular complexity index is 388. The Morgan fingerprint density at radius 1 is 1.24 bits per heavy atom. The van der Waals surface area contributed by atoms with Crippen molar-refractivity contribution in [2.75, 3.05) is 18.5 Å². The van der Waals surface area contributed by atoms with Crippen molar-refractivity contribution in [1.82, 2.24) is 5.32 Å². The lowest BCUT2D eigenvalue weighted by atomic mass is 10.2. The third-order valence-electron chi connectivity index (χ3n) is 3.25. The fourth-order valence-electron chi connectivity index (χ4n) is 1.76. The van der Waals surface area contributed by atoms with Gasteiger partial charge in [-0.2, -0.15) is 0 Å². The molecule has 0 aliphatic heterocycles. The van der Waals surface area contributed by atoms with Gasteiger partial charge in [0.25, 0.3) is 0 Å². The van der Waals surface area contributed by atoms with Crippen molar-refractivity contribution in [2.24, 2.45) is 5.73 Å². The number of benzene rings is 1. The van der Waals surface area contributed by atoms with Crippen molar-refractivity contribution in [3.05, 3.63) is 30.3 Å².